The van der Waals surface area contributed by atoms with E-state index >= 15 is 0 Å². The van der Waals surface area contributed by atoms with E-state index < -0.39 is 5.91 Å². The number of phenols is 1. The van der Waals surface area contributed by atoms with Crippen LogP contribution >= 0.6 is 27.5 Å². The van der Waals surface area contributed by atoms with Crippen molar-refractivity contribution in [1.82, 2.24) is 0 Å². The van der Waals surface area contributed by atoms with Crippen molar-refractivity contribution in [2.24, 2.45) is 0 Å². The van der Waals surface area contributed by atoms with Gasteiger partial charge in [0.05, 0.1) is 16.6 Å². The lowest BCUT2D eigenvalue weighted by Gasteiger charge is -2.06. The number of halogens is 2. The van der Waals surface area contributed by atoms with Crippen LogP contribution in [0, 0.1) is 11.3 Å². The lowest BCUT2D eigenvalue weighted by molar-refractivity contribution is -0.112. The SMILES string of the molecule is COc1ccc(NC(=O)/C(C#N)=C\c2cc(Cl)c(O)c(Br)c2)cc1. The second-order valence-electron chi connectivity index (χ2n) is 4.69. The highest BCUT2D eigenvalue weighted by Crippen LogP contribution is 2.33. The summed E-state index contributed by atoms with van der Waals surface area (Å²) < 4.78 is 5.41. The summed E-state index contributed by atoms with van der Waals surface area (Å²) in [7, 11) is 1.55. The van der Waals surface area contributed by atoms with Crippen molar-refractivity contribution >= 4 is 45.2 Å². The molecule has 0 spiro atoms. The van der Waals surface area contributed by atoms with Crippen LogP contribution in [0.3, 0.4) is 0 Å². The predicted molar refractivity (Wildman–Crippen MR) is 96.0 cm³/mol. The van der Waals surface area contributed by atoms with Crippen molar-refractivity contribution in [3.8, 4) is 17.6 Å². The molecule has 2 N–H and O–H groups in total. The average molecular weight is 408 g/mol. The van der Waals surface area contributed by atoms with Gasteiger partial charge in [-0.25, -0.2) is 0 Å². The largest absolute Gasteiger partial charge is 0.505 e. The molecule has 0 atom stereocenters. The van der Waals surface area contributed by atoms with Crippen LogP contribution in [0.2, 0.25) is 5.02 Å². The zero-order chi connectivity index (χ0) is 17.7. The second kappa shape index (κ2) is 7.86. The van der Waals surface area contributed by atoms with Crippen LogP contribution in [0.15, 0.2) is 46.4 Å². The van der Waals surface area contributed by atoms with Crippen LogP contribution in [-0.2, 0) is 4.79 Å². The number of nitriles is 1. The molecule has 2 rings (SSSR count). The van der Waals surface area contributed by atoms with Crippen LogP contribution in [-0.4, -0.2) is 18.1 Å². The predicted octanol–water partition coefficient (Wildman–Crippen LogP) is 4.36. The number of benzene rings is 2. The maximum absolute atomic E-state index is 12.2. The van der Waals surface area contributed by atoms with Gasteiger partial charge in [0, 0.05) is 5.69 Å². The third-order valence-corrected chi connectivity index (χ3v) is 3.96. The van der Waals surface area contributed by atoms with Gasteiger partial charge in [0.15, 0.2) is 0 Å². The van der Waals surface area contributed by atoms with E-state index in [2.05, 4.69) is 21.2 Å². The molecule has 2 aromatic rings. The number of hydrogen-bond acceptors (Lipinski definition) is 4. The smallest absolute Gasteiger partial charge is 0.266 e. The first kappa shape index (κ1) is 17.9. The summed E-state index contributed by atoms with van der Waals surface area (Å²) in [5.74, 6) is 0.00521. The third kappa shape index (κ3) is 4.28. The minimum atomic E-state index is -0.553. The molecule has 0 aliphatic carbocycles. The van der Waals surface area contributed by atoms with Gasteiger partial charge in [-0.3, -0.25) is 4.79 Å². The van der Waals surface area contributed by atoms with Gasteiger partial charge in [0.1, 0.15) is 23.1 Å². The minimum absolute atomic E-state index is 0.0977. The molecule has 0 saturated carbocycles. The quantitative estimate of drug-likeness (QED) is 0.583. The number of ether oxygens (including phenoxy) is 1. The van der Waals surface area contributed by atoms with Gasteiger partial charge in [-0.05, 0) is 64.0 Å². The summed E-state index contributed by atoms with van der Waals surface area (Å²) in [6.45, 7) is 0. The monoisotopic (exact) mass is 406 g/mol. The highest BCUT2D eigenvalue weighted by Gasteiger charge is 2.11. The van der Waals surface area contributed by atoms with E-state index in [1.807, 2.05) is 6.07 Å². The third-order valence-electron chi connectivity index (χ3n) is 3.06. The topological polar surface area (TPSA) is 82.3 Å². The van der Waals surface area contributed by atoms with Crippen LogP contribution in [0.4, 0.5) is 5.69 Å². The Labute approximate surface area is 152 Å². The molecule has 0 aliphatic rings. The molecule has 0 fully saturated rings. The summed E-state index contributed by atoms with van der Waals surface area (Å²) in [5.41, 5.74) is 0.942. The molecule has 122 valence electrons. The summed E-state index contributed by atoms with van der Waals surface area (Å²) in [6.07, 6.45) is 1.38. The number of carbonyl (C=O) groups is 1. The number of nitrogens with one attached hydrogen (secondary N) is 1. The molecule has 2 aromatic carbocycles. The van der Waals surface area contributed by atoms with Crippen molar-refractivity contribution in [3.05, 3.63) is 57.0 Å². The number of hydrogen-bond donors (Lipinski definition) is 2. The van der Waals surface area contributed by atoms with Gasteiger partial charge >= 0.3 is 0 Å². The van der Waals surface area contributed by atoms with Crippen molar-refractivity contribution < 1.29 is 14.6 Å². The van der Waals surface area contributed by atoms with E-state index in [4.69, 9.17) is 16.3 Å². The van der Waals surface area contributed by atoms with Crippen LogP contribution < -0.4 is 10.1 Å². The molecular formula is C17H12BrClN2O3. The number of anilines is 1. The summed E-state index contributed by atoms with van der Waals surface area (Å²) in [5, 5.41) is 21.6. The molecule has 24 heavy (non-hydrogen) atoms. The van der Waals surface area contributed by atoms with Crippen LogP contribution in [0.5, 0.6) is 11.5 Å². The number of amides is 1. The van der Waals surface area contributed by atoms with Gasteiger partial charge in [-0.15, -0.1) is 0 Å². The van der Waals surface area contributed by atoms with Crippen molar-refractivity contribution in [3.63, 3.8) is 0 Å². The first-order valence-electron chi connectivity index (χ1n) is 6.70. The number of aromatic hydroxyl groups is 1. The first-order chi connectivity index (χ1) is 11.4. The van der Waals surface area contributed by atoms with E-state index in [1.54, 1.807) is 37.4 Å². The second-order valence-corrected chi connectivity index (χ2v) is 5.95. The highest BCUT2D eigenvalue weighted by molar-refractivity contribution is 9.10. The molecule has 0 aliphatic heterocycles. The fraction of sp³-hybridized carbons (Fsp3) is 0.0588. The standard InChI is InChI=1S/C17H12BrClN2O3/c1-24-13-4-2-12(3-5-13)21-17(23)11(9-20)6-10-7-14(18)16(22)15(19)8-10/h2-8,22H,1H3,(H,21,23)/b11-6-. The molecular weight excluding hydrogens is 396 g/mol. The fourth-order valence-corrected chi connectivity index (χ4v) is 2.68. The molecule has 0 heterocycles. The first-order valence-corrected chi connectivity index (χ1v) is 7.87. The number of methoxy groups -OCH3 is 1. The van der Waals surface area contributed by atoms with Gasteiger partial charge in [0.25, 0.3) is 5.91 Å². The maximum atomic E-state index is 12.2. The summed E-state index contributed by atoms with van der Waals surface area (Å²) >= 11 is 9.03. The minimum Gasteiger partial charge on any atom is -0.505 e. The van der Waals surface area contributed by atoms with E-state index in [0.29, 0.717) is 21.5 Å². The zero-order valence-electron chi connectivity index (χ0n) is 12.5. The average Bonchev–Trinajstić information content (AvgIpc) is 2.58. The molecule has 5 nitrogen and oxygen atoms in total. The number of phenolic OH excluding ortho intramolecular Hbond substituents is 1. The molecule has 7 heteroatoms. The Morgan fingerprint density at radius 1 is 1.38 bits per heavy atom. The molecule has 1 amide bonds. The van der Waals surface area contributed by atoms with E-state index in [1.165, 1.54) is 12.1 Å². The van der Waals surface area contributed by atoms with Crippen LogP contribution in [0.1, 0.15) is 5.56 Å². The molecule has 0 aromatic heterocycles. The Hall–Kier alpha value is -2.49. The van der Waals surface area contributed by atoms with Gasteiger partial charge in [-0.2, -0.15) is 5.26 Å². The van der Waals surface area contributed by atoms with Crippen molar-refractivity contribution in [1.29, 1.82) is 5.26 Å². The fourth-order valence-electron chi connectivity index (χ4n) is 1.86. The normalized spacial score (nSPS) is 10.8. The van der Waals surface area contributed by atoms with E-state index in [0.717, 1.165) is 0 Å². The highest BCUT2D eigenvalue weighted by atomic mass is 79.9. The number of nitrogens with zero attached hydrogens (tertiary/aromatic N) is 1. The van der Waals surface area contributed by atoms with Gasteiger partial charge < -0.3 is 15.2 Å². The van der Waals surface area contributed by atoms with E-state index in [-0.39, 0.29) is 16.3 Å². The Bertz CT molecular complexity index is 819. The van der Waals surface area contributed by atoms with Crippen LogP contribution in [0.25, 0.3) is 6.08 Å². The van der Waals surface area contributed by atoms with E-state index in [9.17, 15) is 15.2 Å². The Morgan fingerprint density at radius 2 is 2.04 bits per heavy atom. The molecule has 0 bridgehead atoms. The Kier molecular flexibility index (Phi) is 5.85. The molecule has 0 unspecified atom stereocenters. The van der Waals surface area contributed by atoms with Gasteiger partial charge in [0.2, 0.25) is 0 Å². The summed E-state index contributed by atoms with van der Waals surface area (Å²) in [6, 6.07) is 11.6. The zero-order valence-corrected chi connectivity index (χ0v) is 14.9. The lowest BCUT2D eigenvalue weighted by atomic mass is 10.1. The molecule has 0 radical (unpaired) electrons. The van der Waals surface area contributed by atoms with Gasteiger partial charge in [-0.1, -0.05) is 11.6 Å². The Morgan fingerprint density at radius 3 is 2.58 bits per heavy atom. The number of carbonyl (C=O) groups excluding carboxylic acids is 1. The van der Waals surface area contributed by atoms with Crippen molar-refractivity contribution in [2.45, 2.75) is 0 Å². The summed E-state index contributed by atoms with van der Waals surface area (Å²) in [4.78, 5) is 12.2. The molecule has 0 saturated heterocycles. The number of rotatable bonds is 4. The Balaban J connectivity index is 2.23. The maximum Gasteiger partial charge on any atom is 0.266 e. The lowest BCUT2D eigenvalue weighted by Crippen LogP contribution is -2.13. The van der Waals surface area contributed by atoms with Crippen molar-refractivity contribution in [2.75, 3.05) is 12.4 Å².